The molecule has 26 heavy (non-hydrogen) atoms. The van der Waals surface area contributed by atoms with Gasteiger partial charge in [0.1, 0.15) is 0 Å². The van der Waals surface area contributed by atoms with E-state index in [-0.39, 0.29) is 17.7 Å². The van der Waals surface area contributed by atoms with Gasteiger partial charge in [0, 0.05) is 43.8 Å². The van der Waals surface area contributed by atoms with Crippen LogP contribution in [-0.2, 0) is 16.0 Å². The lowest BCUT2D eigenvalue weighted by Gasteiger charge is -2.31. The van der Waals surface area contributed by atoms with Gasteiger partial charge in [-0.2, -0.15) is 0 Å². The van der Waals surface area contributed by atoms with Crippen molar-refractivity contribution >= 4 is 23.2 Å². The molecule has 0 bridgehead atoms. The van der Waals surface area contributed by atoms with Crippen LogP contribution in [0.25, 0.3) is 0 Å². The molecule has 2 fully saturated rings. The highest BCUT2D eigenvalue weighted by Gasteiger charge is 2.27. The fourth-order valence-corrected chi connectivity index (χ4v) is 4.80. The molecule has 5 nitrogen and oxygen atoms in total. The molecule has 1 N–H and O–H groups in total. The number of likely N-dealkylation sites (tertiary alicyclic amines) is 1. The van der Waals surface area contributed by atoms with E-state index in [4.69, 9.17) is 0 Å². The minimum atomic E-state index is 0.0473. The highest BCUT2D eigenvalue weighted by molar-refractivity contribution is 7.09. The molecule has 6 heteroatoms. The third-order valence-electron chi connectivity index (χ3n) is 5.81. The van der Waals surface area contributed by atoms with E-state index >= 15 is 0 Å². The summed E-state index contributed by atoms with van der Waals surface area (Å²) in [7, 11) is 0. The SMILES string of the molecule is Cc1nc(CCNC(=O)C2CCN(C(=O)CCC3CCCC3)CC2)cs1. The van der Waals surface area contributed by atoms with Crippen molar-refractivity contribution in [2.24, 2.45) is 11.8 Å². The van der Waals surface area contributed by atoms with Crippen LogP contribution in [-0.4, -0.2) is 41.3 Å². The number of hydrogen-bond donors (Lipinski definition) is 1. The first kappa shape index (κ1) is 19.3. The summed E-state index contributed by atoms with van der Waals surface area (Å²) in [6.45, 7) is 4.10. The Morgan fingerprint density at radius 2 is 1.96 bits per heavy atom. The molecule has 2 aliphatic rings. The second-order valence-electron chi connectivity index (χ2n) is 7.74. The van der Waals surface area contributed by atoms with E-state index in [1.54, 1.807) is 11.3 Å². The van der Waals surface area contributed by atoms with E-state index in [1.807, 2.05) is 11.8 Å². The fraction of sp³-hybridized carbons (Fsp3) is 0.750. The van der Waals surface area contributed by atoms with Crippen LogP contribution in [0.2, 0.25) is 0 Å². The van der Waals surface area contributed by atoms with Crippen molar-refractivity contribution in [3.8, 4) is 0 Å². The predicted molar refractivity (Wildman–Crippen MR) is 104 cm³/mol. The first-order chi connectivity index (χ1) is 12.6. The Kier molecular flexibility index (Phi) is 7.06. The molecule has 1 saturated carbocycles. The van der Waals surface area contributed by atoms with Gasteiger partial charge >= 0.3 is 0 Å². The standard InChI is InChI=1S/C20H31N3O2S/c1-15-22-18(14-26-15)8-11-21-20(25)17-9-12-23(13-10-17)19(24)7-6-16-4-2-3-5-16/h14,16-17H,2-13H2,1H3,(H,21,25). The number of amides is 2. The van der Waals surface area contributed by atoms with Crippen LogP contribution in [0, 0.1) is 18.8 Å². The molecule has 2 amide bonds. The van der Waals surface area contributed by atoms with Gasteiger partial charge in [-0.25, -0.2) is 4.98 Å². The van der Waals surface area contributed by atoms with E-state index < -0.39 is 0 Å². The molecular formula is C20H31N3O2S. The Morgan fingerprint density at radius 3 is 2.62 bits per heavy atom. The van der Waals surface area contributed by atoms with Crippen molar-refractivity contribution in [3.63, 3.8) is 0 Å². The van der Waals surface area contributed by atoms with Gasteiger partial charge in [0.2, 0.25) is 11.8 Å². The molecule has 0 radical (unpaired) electrons. The van der Waals surface area contributed by atoms with E-state index in [9.17, 15) is 9.59 Å². The van der Waals surface area contributed by atoms with Crippen molar-refractivity contribution in [1.82, 2.24) is 15.2 Å². The zero-order valence-corrected chi connectivity index (χ0v) is 16.7. The number of carbonyl (C=O) groups excluding carboxylic acids is 2. The van der Waals surface area contributed by atoms with Crippen LogP contribution in [0.3, 0.4) is 0 Å². The maximum Gasteiger partial charge on any atom is 0.223 e. The van der Waals surface area contributed by atoms with Gasteiger partial charge < -0.3 is 10.2 Å². The largest absolute Gasteiger partial charge is 0.355 e. The maximum atomic E-state index is 12.4. The van der Waals surface area contributed by atoms with Crippen LogP contribution in [0.1, 0.15) is 62.1 Å². The smallest absolute Gasteiger partial charge is 0.223 e. The van der Waals surface area contributed by atoms with Crippen LogP contribution in [0.4, 0.5) is 0 Å². The molecule has 144 valence electrons. The van der Waals surface area contributed by atoms with Crippen LogP contribution in [0.15, 0.2) is 5.38 Å². The van der Waals surface area contributed by atoms with Crippen molar-refractivity contribution < 1.29 is 9.59 Å². The van der Waals surface area contributed by atoms with Crippen molar-refractivity contribution in [1.29, 1.82) is 0 Å². The summed E-state index contributed by atoms with van der Waals surface area (Å²) in [4.78, 5) is 31.1. The quantitative estimate of drug-likeness (QED) is 0.793. The molecule has 1 aromatic heterocycles. The average molecular weight is 378 g/mol. The summed E-state index contributed by atoms with van der Waals surface area (Å²) in [6.07, 6.45) is 9.38. The van der Waals surface area contributed by atoms with Gasteiger partial charge in [0.05, 0.1) is 10.7 Å². The van der Waals surface area contributed by atoms with Crippen LogP contribution >= 0.6 is 11.3 Å². The van der Waals surface area contributed by atoms with Gasteiger partial charge in [-0.15, -0.1) is 11.3 Å². The predicted octanol–water partition coefficient (Wildman–Crippen LogP) is 3.32. The highest BCUT2D eigenvalue weighted by atomic mass is 32.1. The monoisotopic (exact) mass is 377 g/mol. The summed E-state index contributed by atoms with van der Waals surface area (Å²) in [6, 6.07) is 0. The number of nitrogens with one attached hydrogen (secondary N) is 1. The fourth-order valence-electron chi connectivity index (χ4n) is 4.16. The van der Waals surface area contributed by atoms with Gasteiger partial charge in [-0.3, -0.25) is 9.59 Å². The minimum absolute atomic E-state index is 0.0473. The number of aromatic nitrogens is 1. The zero-order chi connectivity index (χ0) is 18.4. The van der Waals surface area contributed by atoms with E-state index in [2.05, 4.69) is 15.7 Å². The van der Waals surface area contributed by atoms with Crippen molar-refractivity contribution in [3.05, 3.63) is 16.1 Å². The second-order valence-corrected chi connectivity index (χ2v) is 8.81. The number of piperidine rings is 1. The Bertz CT molecular complexity index is 602. The Morgan fingerprint density at radius 1 is 1.23 bits per heavy atom. The number of hydrogen-bond acceptors (Lipinski definition) is 4. The molecular weight excluding hydrogens is 346 g/mol. The molecule has 1 aliphatic heterocycles. The summed E-state index contributed by atoms with van der Waals surface area (Å²) in [5.74, 6) is 1.24. The number of rotatable bonds is 7. The normalized spacial score (nSPS) is 19.0. The molecule has 0 unspecified atom stereocenters. The Balaban J connectivity index is 1.32. The zero-order valence-electron chi connectivity index (χ0n) is 15.8. The molecule has 0 aromatic carbocycles. The van der Waals surface area contributed by atoms with Crippen molar-refractivity contribution in [2.45, 2.75) is 64.7 Å². The molecule has 1 aliphatic carbocycles. The lowest BCUT2D eigenvalue weighted by atomic mass is 9.95. The third-order valence-corrected chi connectivity index (χ3v) is 6.63. The molecule has 1 saturated heterocycles. The second kappa shape index (κ2) is 9.49. The van der Waals surface area contributed by atoms with Crippen molar-refractivity contribution in [2.75, 3.05) is 19.6 Å². The van der Waals surface area contributed by atoms with E-state index in [1.165, 1.54) is 25.7 Å². The summed E-state index contributed by atoms with van der Waals surface area (Å²) in [5, 5.41) is 6.16. The minimum Gasteiger partial charge on any atom is -0.355 e. The van der Waals surface area contributed by atoms with Crippen LogP contribution < -0.4 is 5.32 Å². The van der Waals surface area contributed by atoms with Gasteiger partial charge in [-0.1, -0.05) is 25.7 Å². The number of nitrogens with zero attached hydrogens (tertiary/aromatic N) is 2. The number of carbonyl (C=O) groups is 2. The lowest BCUT2D eigenvalue weighted by Crippen LogP contribution is -2.43. The van der Waals surface area contributed by atoms with Gasteiger partial charge in [-0.05, 0) is 32.1 Å². The summed E-state index contributed by atoms with van der Waals surface area (Å²) < 4.78 is 0. The van der Waals surface area contributed by atoms with Gasteiger partial charge in [0.15, 0.2) is 0 Å². The molecule has 0 spiro atoms. The first-order valence-corrected chi connectivity index (χ1v) is 11.0. The number of aryl methyl sites for hydroxylation is 1. The average Bonchev–Trinajstić information content (AvgIpc) is 3.31. The maximum absolute atomic E-state index is 12.4. The topological polar surface area (TPSA) is 62.3 Å². The molecule has 2 heterocycles. The molecule has 3 rings (SSSR count). The Hall–Kier alpha value is -1.43. The van der Waals surface area contributed by atoms with Gasteiger partial charge in [0.25, 0.3) is 0 Å². The molecule has 0 atom stereocenters. The van der Waals surface area contributed by atoms with E-state index in [0.29, 0.717) is 13.0 Å². The highest BCUT2D eigenvalue weighted by Crippen LogP contribution is 2.29. The van der Waals surface area contributed by atoms with E-state index in [0.717, 1.165) is 55.4 Å². The number of thiazole rings is 1. The molecule has 1 aromatic rings. The third kappa shape index (κ3) is 5.53. The summed E-state index contributed by atoms with van der Waals surface area (Å²) in [5.41, 5.74) is 1.05. The Labute approximate surface area is 160 Å². The summed E-state index contributed by atoms with van der Waals surface area (Å²) >= 11 is 1.64. The first-order valence-electron chi connectivity index (χ1n) is 10.1. The van der Waals surface area contributed by atoms with Crippen LogP contribution in [0.5, 0.6) is 0 Å². The lowest BCUT2D eigenvalue weighted by molar-refractivity contribution is -0.135.